The molecule has 0 saturated carbocycles. The molecular weight excluding hydrogens is 406 g/mol. The van der Waals surface area contributed by atoms with Gasteiger partial charge in [-0.25, -0.2) is 14.8 Å². The van der Waals surface area contributed by atoms with Crippen LogP contribution in [0, 0.1) is 5.41 Å². The van der Waals surface area contributed by atoms with Gasteiger partial charge in [-0.3, -0.25) is 14.9 Å². The lowest BCUT2D eigenvalue weighted by molar-refractivity contribution is -0.115. The zero-order valence-electron chi connectivity index (χ0n) is 15.7. The van der Waals surface area contributed by atoms with Crippen molar-refractivity contribution >= 4 is 46.7 Å². The van der Waals surface area contributed by atoms with E-state index in [2.05, 4.69) is 25.6 Å². The molecule has 0 unspecified atom stereocenters. The van der Waals surface area contributed by atoms with Gasteiger partial charge in [-0.1, -0.05) is 18.2 Å². The van der Waals surface area contributed by atoms with E-state index in [0.29, 0.717) is 24.9 Å². The van der Waals surface area contributed by atoms with E-state index in [1.54, 1.807) is 4.90 Å². The first-order chi connectivity index (χ1) is 14.5. The Hall–Kier alpha value is -3.47. The monoisotopic (exact) mass is 423 g/mol. The summed E-state index contributed by atoms with van der Waals surface area (Å²) in [7, 11) is 0. The highest BCUT2D eigenvalue weighted by molar-refractivity contribution is 8.18. The number of hydrogen-bond donors (Lipinski definition) is 2. The number of thioether (sulfide) groups is 1. The number of anilines is 2. The number of hydrogen-bond acceptors (Lipinski definition) is 8. The second kappa shape index (κ2) is 7.10. The summed E-state index contributed by atoms with van der Waals surface area (Å²) in [6.45, 7) is 2.86. The Morgan fingerprint density at radius 2 is 1.90 bits per heavy atom. The highest BCUT2D eigenvalue weighted by Gasteiger charge is 2.54. The van der Waals surface area contributed by atoms with Crippen LogP contribution in [0.5, 0.6) is 0 Å². The zero-order valence-corrected chi connectivity index (χ0v) is 16.6. The van der Waals surface area contributed by atoms with E-state index in [9.17, 15) is 14.4 Å². The number of amides is 4. The molecular formula is C19H17N7O3S. The van der Waals surface area contributed by atoms with Crippen LogP contribution in [-0.4, -0.2) is 63.2 Å². The molecule has 0 radical (unpaired) electrons. The fourth-order valence-electron chi connectivity index (χ4n) is 3.80. The molecule has 4 heterocycles. The van der Waals surface area contributed by atoms with Crippen molar-refractivity contribution in [3.05, 3.63) is 47.4 Å². The second-order valence-electron chi connectivity index (χ2n) is 7.50. The Morgan fingerprint density at radius 3 is 2.60 bits per heavy atom. The van der Waals surface area contributed by atoms with Gasteiger partial charge in [-0.15, -0.1) is 0 Å². The Morgan fingerprint density at radius 1 is 1.13 bits per heavy atom. The smallest absolute Gasteiger partial charge is 0.321 e. The maximum atomic E-state index is 12.3. The van der Waals surface area contributed by atoms with Gasteiger partial charge in [0.05, 0.1) is 4.91 Å². The molecule has 4 amide bonds. The number of rotatable bonds is 3. The topological polar surface area (TPSA) is 120 Å². The molecule has 0 bridgehead atoms. The Labute approximate surface area is 175 Å². The van der Waals surface area contributed by atoms with E-state index in [0.717, 1.165) is 30.5 Å². The number of nitrogens with one attached hydrogen (secondary N) is 2. The number of carbonyl (C=O) groups is 3. The fourth-order valence-corrected chi connectivity index (χ4v) is 4.45. The summed E-state index contributed by atoms with van der Waals surface area (Å²) in [4.78, 5) is 52.0. The van der Waals surface area contributed by atoms with E-state index in [4.69, 9.17) is 0 Å². The molecule has 5 rings (SSSR count). The summed E-state index contributed by atoms with van der Waals surface area (Å²) in [6.07, 6.45) is 2.87. The first-order valence-corrected chi connectivity index (χ1v) is 10.1. The van der Waals surface area contributed by atoms with Gasteiger partial charge in [-0.05, 0) is 23.9 Å². The summed E-state index contributed by atoms with van der Waals surface area (Å²) >= 11 is 0.823. The molecule has 1 aromatic carbocycles. The van der Waals surface area contributed by atoms with Gasteiger partial charge in [-0.2, -0.15) is 4.98 Å². The molecule has 2 aromatic rings. The third kappa shape index (κ3) is 3.47. The van der Waals surface area contributed by atoms with Crippen LogP contribution >= 0.6 is 11.8 Å². The number of para-hydroxylation sites is 1. The minimum atomic E-state index is -0.446. The summed E-state index contributed by atoms with van der Waals surface area (Å²) in [5, 5.41) is 4.69. The molecule has 1 spiro atoms. The molecule has 3 saturated heterocycles. The maximum Gasteiger partial charge on any atom is 0.321 e. The number of imide groups is 1. The highest BCUT2D eigenvalue weighted by Crippen LogP contribution is 2.41. The van der Waals surface area contributed by atoms with Crippen molar-refractivity contribution in [1.29, 1.82) is 0 Å². The van der Waals surface area contributed by atoms with Crippen LogP contribution in [0.15, 0.2) is 41.6 Å². The standard InChI is InChI=1S/C19H17N7O3S/c27-15-13(30-18(29)24-15)6-14-20-11-21-16(23-14)25-7-19(8-25)9-26(10-19)17(28)22-12-4-2-1-3-5-12/h1-6,11H,7-10H2,(H,22,28)(H,24,27,29)/b13-6-. The lowest BCUT2D eigenvalue weighted by atomic mass is 9.73. The Bertz CT molecular complexity index is 1060. The van der Waals surface area contributed by atoms with Crippen LogP contribution in [0.3, 0.4) is 0 Å². The van der Waals surface area contributed by atoms with Crippen LogP contribution in [0.4, 0.5) is 21.2 Å². The summed E-state index contributed by atoms with van der Waals surface area (Å²) in [5.41, 5.74) is 0.841. The number of carbonyl (C=O) groups excluding carboxylic acids is 3. The largest absolute Gasteiger partial charge is 0.339 e. The average molecular weight is 423 g/mol. The van der Waals surface area contributed by atoms with Crippen molar-refractivity contribution in [2.45, 2.75) is 0 Å². The Balaban J connectivity index is 1.17. The van der Waals surface area contributed by atoms with Crippen LogP contribution in [0.25, 0.3) is 6.08 Å². The molecule has 3 aliphatic rings. The van der Waals surface area contributed by atoms with Crippen LogP contribution in [0.2, 0.25) is 0 Å². The lowest BCUT2D eigenvalue weighted by Gasteiger charge is -2.59. The van der Waals surface area contributed by atoms with E-state index < -0.39 is 11.1 Å². The summed E-state index contributed by atoms with van der Waals surface area (Å²) in [5.74, 6) is 0.397. The van der Waals surface area contributed by atoms with Crippen molar-refractivity contribution in [3.8, 4) is 0 Å². The van der Waals surface area contributed by atoms with Gasteiger partial charge < -0.3 is 15.1 Å². The van der Waals surface area contributed by atoms with Gasteiger partial charge in [0.2, 0.25) is 5.95 Å². The van der Waals surface area contributed by atoms with Crippen LogP contribution in [-0.2, 0) is 4.79 Å². The Kier molecular flexibility index (Phi) is 4.39. The third-order valence-electron chi connectivity index (χ3n) is 5.18. The molecule has 11 heteroatoms. The molecule has 2 N–H and O–H groups in total. The van der Waals surface area contributed by atoms with E-state index in [1.165, 1.54) is 12.4 Å². The average Bonchev–Trinajstić information content (AvgIpc) is 2.97. The molecule has 1 aromatic heterocycles. The normalized spacial score (nSPS) is 20.7. The van der Waals surface area contributed by atoms with Crippen molar-refractivity contribution in [3.63, 3.8) is 0 Å². The number of benzene rings is 1. The number of likely N-dealkylation sites (tertiary alicyclic amines) is 1. The molecule has 30 heavy (non-hydrogen) atoms. The van der Waals surface area contributed by atoms with E-state index >= 15 is 0 Å². The zero-order chi connectivity index (χ0) is 20.7. The predicted molar refractivity (Wildman–Crippen MR) is 111 cm³/mol. The number of nitrogens with zero attached hydrogens (tertiary/aromatic N) is 5. The molecule has 3 aliphatic heterocycles. The fraction of sp³-hybridized carbons (Fsp3) is 0.263. The van der Waals surface area contributed by atoms with Crippen molar-refractivity contribution in [2.24, 2.45) is 5.41 Å². The van der Waals surface area contributed by atoms with E-state index in [-0.39, 0.29) is 16.4 Å². The predicted octanol–water partition coefficient (Wildman–Crippen LogP) is 1.55. The van der Waals surface area contributed by atoms with Gasteiger partial charge >= 0.3 is 6.03 Å². The molecule has 152 valence electrons. The van der Waals surface area contributed by atoms with Gasteiger partial charge in [0.15, 0.2) is 5.82 Å². The minimum absolute atomic E-state index is 0.0624. The first kappa shape index (κ1) is 18.6. The molecule has 0 atom stereocenters. The van der Waals surface area contributed by atoms with Gasteiger partial charge in [0.25, 0.3) is 11.1 Å². The lowest BCUT2D eigenvalue weighted by Crippen LogP contribution is -2.73. The molecule has 10 nitrogen and oxygen atoms in total. The van der Waals surface area contributed by atoms with Crippen LogP contribution < -0.4 is 15.5 Å². The first-order valence-electron chi connectivity index (χ1n) is 9.30. The molecule has 0 aliphatic carbocycles. The number of aromatic nitrogens is 3. The number of urea groups is 1. The van der Waals surface area contributed by atoms with Gasteiger partial charge in [0.1, 0.15) is 6.33 Å². The summed E-state index contributed by atoms with van der Waals surface area (Å²) in [6, 6.07) is 9.28. The van der Waals surface area contributed by atoms with E-state index in [1.807, 2.05) is 35.2 Å². The van der Waals surface area contributed by atoms with Crippen molar-refractivity contribution < 1.29 is 14.4 Å². The maximum absolute atomic E-state index is 12.3. The molecule has 3 fully saturated rings. The highest BCUT2D eigenvalue weighted by atomic mass is 32.2. The quantitative estimate of drug-likeness (QED) is 0.714. The second-order valence-corrected chi connectivity index (χ2v) is 8.52. The van der Waals surface area contributed by atoms with Crippen molar-refractivity contribution in [1.82, 2.24) is 25.2 Å². The third-order valence-corrected chi connectivity index (χ3v) is 5.99. The summed E-state index contributed by atoms with van der Waals surface area (Å²) < 4.78 is 0. The van der Waals surface area contributed by atoms with Gasteiger partial charge in [0, 0.05) is 43.4 Å². The van der Waals surface area contributed by atoms with Crippen molar-refractivity contribution in [2.75, 3.05) is 36.4 Å². The SMILES string of the molecule is O=C1NC(=O)/C(=C/c2ncnc(N3CC4(CN(C(=O)Nc5ccccc5)C4)C3)n2)S1. The minimum Gasteiger partial charge on any atom is -0.339 e. The van der Waals surface area contributed by atoms with Crippen LogP contribution in [0.1, 0.15) is 5.82 Å².